The first-order valence-corrected chi connectivity index (χ1v) is 8.90. The van der Waals surface area contributed by atoms with Gasteiger partial charge in [-0.2, -0.15) is 0 Å². The maximum absolute atomic E-state index is 5.61. The van der Waals surface area contributed by atoms with Gasteiger partial charge in [-0.3, -0.25) is 0 Å². The zero-order valence-electron chi connectivity index (χ0n) is 13.2. The quantitative estimate of drug-likeness (QED) is 0.731. The van der Waals surface area contributed by atoms with Gasteiger partial charge < -0.3 is 9.72 Å². The van der Waals surface area contributed by atoms with Crippen LogP contribution in [0.15, 0.2) is 59.1 Å². The molecule has 0 amide bonds. The number of halogens is 1. The highest BCUT2D eigenvalue weighted by Crippen LogP contribution is 2.40. The maximum atomic E-state index is 5.61. The lowest BCUT2D eigenvalue weighted by molar-refractivity contribution is 0.0606. The second-order valence-electron chi connectivity index (χ2n) is 6.09. The molecule has 0 atom stereocenters. The second-order valence-corrected chi connectivity index (χ2v) is 7.01. The highest BCUT2D eigenvalue weighted by atomic mass is 79.9. The van der Waals surface area contributed by atoms with Gasteiger partial charge in [0.2, 0.25) is 0 Å². The molecule has 1 fully saturated rings. The molecular weight excluding hydrogens is 366 g/mol. The topological polar surface area (TPSA) is 50.8 Å². The molecule has 0 unspecified atom stereocenters. The van der Waals surface area contributed by atoms with Crippen LogP contribution >= 0.6 is 15.9 Å². The largest absolute Gasteiger partial charge is 0.381 e. The number of ether oxygens (including phenoxy) is 1. The van der Waals surface area contributed by atoms with Gasteiger partial charge in [0.25, 0.3) is 0 Å². The summed E-state index contributed by atoms with van der Waals surface area (Å²) in [5.41, 5.74) is 2.14. The standard InChI is InChI=1S/C19H18BrN3O/c20-16-8-6-15(7-9-16)19(10-12-24-13-11-19)18-21-17(22-23-18)14-4-2-1-3-5-14/h1-9H,10-13H2,(H,21,22,23). The third-order valence-electron chi connectivity index (χ3n) is 4.73. The smallest absolute Gasteiger partial charge is 0.161 e. The third kappa shape index (κ3) is 2.78. The summed E-state index contributed by atoms with van der Waals surface area (Å²) in [7, 11) is 0. The number of rotatable bonds is 3. The van der Waals surface area contributed by atoms with Gasteiger partial charge in [-0.25, -0.2) is 0 Å². The molecular formula is C19H18BrN3O. The molecule has 1 aromatic heterocycles. The summed E-state index contributed by atoms with van der Waals surface area (Å²) in [6.45, 7) is 1.47. The van der Waals surface area contributed by atoms with Gasteiger partial charge in [-0.1, -0.05) is 58.4 Å². The fourth-order valence-corrected chi connectivity index (χ4v) is 3.62. The summed E-state index contributed by atoms with van der Waals surface area (Å²) in [5.74, 6) is 1.74. The predicted octanol–water partition coefficient (Wildman–Crippen LogP) is 4.33. The summed E-state index contributed by atoms with van der Waals surface area (Å²) in [5, 5.41) is 8.91. The average Bonchev–Trinajstić information content (AvgIpc) is 3.14. The van der Waals surface area contributed by atoms with Crippen molar-refractivity contribution >= 4 is 15.9 Å². The first kappa shape index (κ1) is 15.5. The van der Waals surface area contributed by atoms with Crippen molar-refractivity contribution < 1.29 is 4.74 Å². The van der Waals surface area contributed by atoms with Crippen LogP contribution in [-0.2, 0) is 10.2 Å². The Labute approximate surface area is 149 Å². The van der Waals surface area contributed by atoms with Crippen LogP contribution in [0, 0.1) is 0 Å². The number of H-pyrrole nitrogens is 1. The Morgan fingerprint density at radius 1 is 0.917 bits per heavy atom. The molecule has 0 bridgehead atoms. The molecule has 2 heterocycles. The molecule has 0 saturated carbocycles. The number of aromatic amines is 1. The lowest BCUT2D eigenvalue weighted by Gasteiger charge is -2.35. The Morgan fingerprint density at radius 2 is 1.62 bits per heavy atom. The van der Waals surface area contributed by atoms with Gasteiger partial charge in [0.1, 0.15) is 5.82 Å². The minimum absolute atomic E-state index is 0.168. The summed E-state index contributed by atoms with van der Waals surface area (Å²) >= 11 is 3.52. The van der Waals surface area contributed by atoms with Gasteiger partial charge in [0.05, 0.1) is 5.41 Å². The van der Waals surface area contributed by atoms with Crippen molar-refractivity contribution in [2.75, 3.05) is 13.2 Å². The molecule has 4 nitrogen and oxygen atoms in total. The highest BCUT2D eigenvalue weighted by Gasteiger charge is 2.39. The molecule has 122 valence electrons. The van der Waals surface area contributed by atoms with E-state index < -0.39 is 0 Å². The molecule has 0 aliphatic carbocycles. The van der Waals surface area contributed by atoms with Crippen molar-refractivity contribution in [2.45, 2.75) is 18.3 Å². The molecule has 2 aromatic carbocycles. The lowest BCUT2D eigenvalue weighted by atomic mass is 9.73. The molecule has 1 N–H and O–H groups in total. The molecule has 0 spiro atoms. The summed E-state index contributed by atoms with van der Waals surface area (Å²) in [4.78, 5) is 3.46. The van der Waals surface area contributed by atoms with E-state index in [-0.39, 0.29) is 5.41 Å². The van der Waals surface area contributed by atoms with Crippen molar-refractivity contribution in [3.8, 4) is 11.4 Å². The Hall–Kier alpha value is -1.98. The molecule has 1 saturated heterocycles. The summed E-state index contributed by atoms with van der Waals surface area (Å²) in [6, 6.07) is 18.6. The maximum Gasteiger partial charge on any atom is 0.161 e. The minimum Gasteiger partial charge on any atom is -0.381 e. The summed E-state index contributed by atoms with van der Waals surface area (Å²) in [6.07, 6.45) is 1.80. The van der Waals surface area contributed by atoms with E-state index in [2.05, 4.69) is 55.4 Å². The van der Waals surface area contributed by atoms with Crippen LogP contribution in [0.5, 0.6) is 0 Å². The number of hydrogen-bond acceptors (Lipinski definition) is 3. The van der Waals surface area contributed by atoms with E-state index in [9.17, 15) is 0 Å². The number of aromatic nitrogens is 3. The molecule has 5 heteroatoms. The Morgan fingerprint density at radius 3 is 2.33 bits per heavy atom. The fraction of sp³-hybridized carbons (Fsp3) is 0.263. The third-order valence-corrected chi connectivity index (χ3v) is 5.26. The van der Waals surface area contributed by atoms with E-state index >= 15 is 0 Å². The van der Waals surface area contributed by atoms with Crippen LogP contribution < -0.4 is 0 Å². The zero-order chi connectivity index (χ0) is 16.4. The first-order valence-electron chi connectivity index (χ1n) is 8.10. The Bertz CT molecular complexity index is 808. The Balaban J connectivity index is 1.77. The molecule has 0 radical (unpaired) electrons. The van der Waals surface area contributed by atoms with E-state index in [1.165, 1.54) is 5.56 Å². The van der Waals surface area contributed by atoms with Gasteiger partial charge in [0.15, 0.2) is 5.82 Å². The van der Waals surface area contributed by atoms with Gasteiger partial charge in [-0.05, 0) is 30.5 Å². The van der Waals surface area contributed by atoms with Crippen molar-refractivity contribution in [1.29, 1.82) is 0 Å². The van der Waals surface area contributed by atoms with E-state index in [1.807, 2.05) is 30.3 Å². The van der Waals surface area contributed by atoms with Crippen LogP contribution in [0.1, 0.15) is 24.2 Å². The van der Waals surface area contributed by atoms with Crippen molar-refractivity contribution in [3.63, 3.8) is 0 Å². The highest BCUT2D eigenvalue weighted by molar-refractivity contribution is 9.10. The number of benzene rings is 2. The Kier molecular flexibility index (Phi) is 4.21. The molecule has 3 aromatic rings. The van der Waals surface area contributed by atoms with Crippen molar-refractivity contribution in [3.05, 3.63) is 70.5 Å². The molecule has 24 heavy (non-hydrogen) atoms. The molecule has 4 rings (SSSR count). The van der Waals surface area contributed by atoms with Crippen molar-refractivity contribution in [2.24, 2.45) is 0 Å². The van der Waals surface area contributed by atoms with Crippen molar-refractivity contribution in [1.82, 2.24) is 15.2 Å². The van der Waals surface area contributed by atoms with Crippen LogP contribution in [0.3, 0.4) is 0 Å². The van der Waals surface area contributed by atoms with E-state index in [0.29, 0.717) is 0 Å². The van der Waals surface area contributed by atoms with Crippen LogP contribution in [-0.4, -0.2) is 28.4 Å². The number of nitrogens with one attached hydrogen (secondary N) is 1. The monoisotopic (exact) mass is 383 g/mol. The van der Waals surface area contributed by atoms with Crippen LogP contribution in [0.25, 0.3) is 11.4 Å². The number of hydrogen-bond donors (Lipinski definition) is 1. The molecule has 1 aliphatic rings. The first-order chi connectivity index (χ1) is 11.8. The van der Waals surface area contributed by atoms with Crippen LogP contribution in [0.4, 0.5) is 0 Å². The lowest BCUT2D eigenvalue weighted by Crippen LogP contribution is -2.36. The van der Waals surface area contributed by atoms with Gasteiger partial charge in [-0.15, -0.1) is 10.2 Å². The minimum atomic E-state index is -0.168. The zero-order valence-corrected chi connectivity index (χ0v) is 14.8. The number of nitrogens with zero attached hydrogens (tertiary/aromatic N) is 2. The van der Waals surface area contributed by atoms with E-state index in [0.717, 1.165) is 47.7 Å². The fourth-order valence-electron chi connectivity index (χ4n) is 3.35. The van der Waals surface area contributed by atoms with E-state index in [1.54, 1.807) is 0 Å². The van der Waals surface area contributed by atoms with Gasteiger partial charge >= 0.3 is 0 Å². The SMILES string of the molecule is Brc1ccc(C2(c3nnc(-c4ccccc4)[nH]3)CCOCC2)cc1. The predicted molar refractivity (Wildman–Crippen MR) is 96.8 cm³/mol. The normalized spacial score (nSPS) is 16.9. The average molecular weight is 384 g/mol. The summed E-state index contributed by atoms with van der Waals surface area (Å²) < 4.78 is 6.69. The molecule has 1 aliphatic heterocycles. The van der Waals surface area contributed by atoms with Crippen LogP contribution in [0.2, 0.25) is 0 Å². The van der Waals surface area contributed by atoms with E-state index in [4.69, 9.17) is 4.74 Å². The van der Waals surface area contributed by atoms with Gasteiger partial charge in [0, 0.05) is 23.2 Å². The second kappa shape index (κ2) is 6.49.